The van der Waals surface area contributed by atoms with E-state index in [1.54, 1.807) is 18.2 Å². The highest BCUT2D eigenvalue weighted by Gasteiger charge is 2.13. The summed E-state index contributed by atoms with van der Waals surface area (Å²) in [5.41, 5.74) is 1.94. The van der Waals surface area contributed by atoms with Gasteiger partial charge < -0.3 is 10.0 Å². The molecule has 0 saturated carbocycles. The maximum absolute atomic E-state index is 11.0. The fourth-order valence-electron chi connectivity index (χ4n) is 1.91. The predicted octanol–water partition coefficient (Wildman–Crippen LogP) is 2.18. The molecule has 2 rings (SSSR count). The third kappa shape index (κ3) is 2.91. The van der Waals surface area contributed by atoms with Gasteiger partial charge in [0.1, 0.15) is 0 Å². The molecule has 90 valence electrons. The molecule has 0 unspecified atom stereocenters. The third-order valence-corrected chi connectivity index (χ3v) is 2.98. The molecule has 1 N–H and O–H groups in total. The fourth-order valence-corrected chi connectivity index (χ4v) is 1.91. The van der Waals surface area contributed by atoms with Gasteiger partial charge in [-0.3, -0.25) is 4.99 Å². The molecule has 1 aromatic carbocycles. The monoisotopic (exact) mass is 232 g/mol. The second-order valence-electron chi connectivity index (χ2n) is 4.30. The number of benzene rings is 1. The molecule has 4 heteroatoms. The third-order valence-electron chi connectivity index (χ3n) is 2.98. The summed E-state index contributed by atoms with van der Waals surface area (Å²) in [7, 11) is 2.09. The summed E-state index contributed by atoms with van der Waals surface area (Å²) in [4.78, 5) is 17.8. The van der Waals surface area contributed by atoms with Crippen molar-refractivity contribution in [3.8, 4) is 0 Å². The van der Waals surface area contributed by atoms with Crippen molar-refractivity contribution in [2.75, 3.05) is 20.1 Å². The molecule has 1 saturated heterocycles. The van der Waals surface area contributed by atoms with Crippen molar-refractivity contribution in [1.29, 1.82) is 0 Å². The van der Waals surface area contributed by atoms with Gasteiger partial charge in [-0.15, -0.1) is 0 Å². The molecule has 1 fully saturated rings. The Bertz CT molecular complexity index is 444. The van der Waals surface area contributed by atoms with Gasteiger partial charge in [-0.25, -0.2) is 4.79 Å². The molecule has 0 aromatic heterocycles. The topological polar surface area (TPSA) is 52.9 Å². The van der Waals surface area contributed by atoms with Gasteiger partial charge in [0.05, 0.1) is 11.3 Å². The van der Waals surface area contributed by atoms with Crippen LogP contribution < -0.4 is 0 Å². The number of likely N-dealkylation sites (tertiary alicyclic amines) is 1. The van der Waals surface area contributed by atoms with Gasteiger partial charge in [0.25, 0.3) is 0 Å². The Kier molecular flexibility index (Phi) is 3.54. The summed E-state index contributed by atoms with van der Waals surface area (Å²) in [5, 5.41) is 9.06. The zero-order valence-electron chi connectivity index (χ0n) is 9.89. The minimum Gasteiger partial charge on any atom is -0.478 e. The number of carbonyl (C=O) groups is 1. The first kappa shape index (κ1) is 11.8. The zero-order valence-corrected chi connectivity index (χ0v) is 9.89. The van der Waals surface area contributed by atoms with Crippen molar-refractivity contribution >= 4 is 17.4 Å². The van der Waals surface area contributed by atoms with E-state index in [4.69, 9.17) is 5.11 Å². The second kappa shape index (κ2) is 5.10. The summed E-state index contributed by atoms with van der Waals surface area (Å²) in [6.07, 6.45) is 1.84. The molecule has 0 spiro atoms. The van der Waals surface area contributed by atoms with Crippen LogP contribution >= 0.6 is 0 Å². The van der Waals surface area contributed by atoms with E-state index in [1.165, 1.54) is 0 Å². The first-order valence-corrected chi connectivity index (χ1v) is 5.74. The smallest absolute Gasteiger partial charge is 0.337 e. The first-order chi connectivity index (χ1) is 8.16. The highest BCUT2D eigenvalue weighted by atomic mass is 16.4. The van der Waals surface area contributed by atoms with Crippen LogP contribution in [0.5, 0.6) is 0 Å². The number of carboxylic acid groups (broad SMARTS) is 1. The Balaban J connectivity index is 2.23. The number of hydrogen-bond donors (Lipinski definition) is 1. The van der Waals surface area contributed by atoms with Crippen LogP contribution in [0.2, 0.25) is 0 Å². The molecule has 4 nitrogen and oxygen atoms in total. The summed E-state index contributed by atoms with van der Waals surface area (Å²) in [5.74, 6) is -0.919. The SMILES string of the molecule is CN1CCC(=Nc2ccccc2C(=O)O)CC1. The van der Waals surface area contributed by atoms with Gasteiger partial charge in [-0.1, -0.05) is 12.1 Å². The van der Waals surface area contributed by atoms with E-state index in [0.717, 1.165) is 31.6 Å². The number of para-hydroxylation sites is 1. The van der Waals surface area contributed by atoms with E-state index in [-0.39, 0.29) is 5.56 Å². The molecule has 0 bridgehead atoms. The van der Waals surface area contributed by atoms with Crippen LogP contribution in [-0.2, 0) is 0 Å². The lowest BCUT2D eigenvalue weighted by atomic mass is 10.1. The number of piperidine rings is 1. The molecule has 0 aliphatic carbocycles. The van der Waals surface area contributed by atoms with Gasteiger partial charge in [-0.05, 0) is 32.0 Å². The Morgan fingerprint density at radius 2 is 1.94 bits per heavy atom. The Morgan fingerprint density at radius 1 is 1.29 bits per heavy atom. The van der Waals surface area contributed by atoms with Gasteiger partial charge in [0.15, 0.2) is 0 Å². The van der Waals surface area contributed by atoms with Gasteiger partial charge in [0.2, 0.25) is 0 Å². The molecule has 1 aliphatic heterocycles. The summed E-state index contributed by atoms with van der Waals surface area (Å²) in [6.45, 7) is 1.99. The molecule has 0 amide bonds. The highest BCUT2D eigenvalue weighted by molar-refractivity contribution is 5.96. The van der Waals surface area contributed by atoms with Crippen molar-refractivity contribution in [2.45, 2.75) is 12.8 Å². The molecule has 0 atom stereocenters. The number of carboxylic acids is 1. The maximum atomic E-state index is 11.0. The van der Waals surface area contributed by atoms with Crippen LogP contribution in [-0.4, -0.2) is 41.8 Å². The average Bonchev–Trinajstić information content (AvgIpc) is 2.32. The lowest BCUT2D eigenvalue weighted by molar-refractivity contribution is 0.0698. The van der Waals surface area contributed by atoms with Crippen LogP contribution in [0.1, 0.15) is 23.2 Å². The standard InChI is InChI=1S/C13H16N2O2/c1-15-8-6-10(7-9-15)14-12-5-3-2-4-11(12)13(16)17/h2-5H,6-9H2,1H3,(H,16,17). The number of aliphatic imine (C=N–C) groups is 1. The van der Waals surface area contributed by atoms with Crippen LogP contribution in [0.3, 0.4) is 0 Å². The van der Waals surface area contributed by atoms with Gasteiger partial charge in [0, 0.05) is 18.8 Å². The van der Waals surface area contributed by atoms with E-state index in [1.807, 2.05) is 6.07 Å². The molecule has 1 aromatic rings. The molecule has 1 aliphatic rings. The van der Waals surface area contributed by atoms with Crippen LogP contribution in [0.4, 0.5) is 5.69 Å². The van der Waals surface area contributed by atoms with E-state index in [9.17, 15) is 4.79 Å². The van der Waals surface area contributed by atoms with Gasteiger partial charge in [-0.2, -0.15) is 0 Å². The zero-order chi connectivity index (χ0) is 12.3. The van der Waals surface area contributed by atoms with Crippen molar-refractivity contribution in [3.05, 3.63) is 29.8 Å². The Hall–Kier alpha value is -1.68. The average molecular weight is 232 g/mol. The molecular weight excluding hydrogens is 216 g/mol. The predicted molar refractivity (Wildman–Crippen MR) is 67.2 cm³/mol. The van der Waals surface area contributed by atoms with Crippen molar-refractivity contribution in [2.24, 2.45) is 4.99 Å². The summed E-state index contributed by atoms with van der Waals surface area (Å²) < 4.78 is 0. The van der Waals surface area contributed by atoms with E-state index < -0.39 is 5.97 Å². The largest absolute Gasteiger partial charge is 0.478 e. The quantitative estimate of drug-likeness (QED) is 0.850. The number of hydrogen-bond acceptors (Lipinski definition) is 3. The number of nitrogens with zero attached hydrogens (tertiary/aromatic N) is 2. The van der Waals surface area contributed by atoms with E-state index >= 15 is 0 Å². The second-order valence-corrected chi connectivity index (χ2v) is 4.30. The number of aromatic carboxylic acids is 1. The minimum atomic E-state index is -0.919. The summed E-state index contributed by atoms with van der Waals surface area (Å²) >= 11 is 0. The fraction of sp³-hybridized carbons (Fsp3) is 0.385. The number of rotatable bonds is 2. The van der Waals surface area contributed by atoms with Crippen molar-refractivity contribution < 1.29 is 9.90 Å². The lowest BCUT2D eigenvalue weighted by Crippen LogP contribution is -2.30. The van der Waals surface area contributed by atoms with Crippen LogP contribution in [0.25, 0.3) is 0 Å². The Morgan fingerprint density at radius 3 is 2.59 bits per heavy atom. The van der Waals surface area contributed by atoms with Crippen molar-refractivity contribution in [1.82, 2.24) is 4.90 Å². The van der Waals surface area contributed by atoms with Gasteiger partial charge >= 0.3 is 5.97 Å². The lowest BCUT2D eigenvalue weighted by Gasteiger charge is -2.23. The molecule has 1 heterocycles. The van der Waals surface area contributed by atoms with Crippen LogP contribution in [0.15, 0.2) is 29.3 Å². The summed E-state index contributed by atoms with van der Waals surface area (Å²) in [6, 6.07) is 6.90. The molecular formula is C13H16N2O2. The molecule has 17 heavy (non-hydrogen) atoms. The van der Waals surface area contributed by atoms with Crippen LogP contribution in [0, 0.1) is 0 Å². The van der Waals surface area contributed by atoms with Crippen molar-refractivity contribution in [3.63, 3.8) is 0 Å². The highest BCUT2D eigenvalue weighted by Crippen LogP contribution is 2.20. The van der Waals surface area contributed by atoms with E-state index in [0.29, 0.717) is 5.69 Å². The normalized spacial score (nSPS) is 16.9. The van der Waals surface area contributed by atoms with E-state index in [2.05, 4.69) is 16.9 Å². The first-order valence-electron chi connectivity index (χ1n) is 5.74. The molecule has 0 radical (unpaired) electrons. The Labute approximate surface area is 101 Å². The maximum Gasteiger partial charge on any atom is 0.337 e. The minimum absolute atomic E-state index is 0.277.